The molecule has 1 atom stereocenters. The normalized spacial score (nSPS) is 12.8. The summed E-state index contributed by atoms with van der Waals surface area (Å²) in [6.07, 6.45) is 2.70. The minimum Gasteiger partial charge on any atom is -0.327 e. The van der Waals surface area contributed by atoms with Crippen LogP contribution in [0.2, 0.25) is 0 Å². The molecule has 110 valence electrons. The third-order valence-electron chi connectivity index (χ3n) is 3.23. The zero-order valence-electron chi connectivity index (χ0n) is 12.4. The zero-order valence-corrected chi connectivity index (χ0v) is 14.0. The van der Waals surface area contributed by atoms with Crippen LogP contribution in [0.4, 0.5) is 0 Å². The molecule has 2 aromatic rings. The number of aryl methyl sites for hydroxylation is 3. The highest BCUT2D eigenvalue weighted by atomic mass is 32.2. The molecular formula is C13H21N5S2. The lowest BCUT2D eigenvalue weighted by Gasteiger charge is -2.09. The summed E-state index contributed by atoms with van der Waals surface area (Å²) in [4.78, 5) is 4.51. The van der Waals surface area contributed by atoms with E-state index in [0.29, 0.717) is 0 Å². The van der Waals surface area contributed by atoms with Gasteiger partial charge >= 0.3 is 0 Å². The Bertz CT molecular complexity index is 575. The van der Waals surface area contributed by atoms with Gasteiger partial charge in [-0.2, -0.15) is 9.47 Å². The Balaban J connectivity index is 2.25. The van der Waals surface area contributed by atoms with Crippen LogP contribution in [-0.4, -0.2) is 25.2 Å². The first-order valence-corrected chi connectivity index (χ1v) is 8.42. The smallest absolute Gasteiger partial charge is 0.176 e. The van der Waals surface area contributed by atoms with Crippen LogP contribution < -0.4 is 5.73 Å². The predicted molar refractivity (Wildman–Crippen MR) is 83.3 cm³/mol. The van der Waals surface area contributed by atoms with Gasteiger partial charge in [-0.15, -0.1) is 0 Å². The maximum atomic E-state index is 6.10. The second-order valence-corrected chi connectivity index (χ2v) is 6.79. The molecule has 0 aliphatic carbocycles. The van der Waals surface area contributed by atoms with Crippen molar-refractivity contribution >= 4 is 23.3 Å². The van der Waals surface area contributed by atoms with E-state index in [9.17, 15) is 0 Å². The van der Waals surface area contributed by atoms with E-state index in [-0.39, 0.29) is 6.04 Å². The summed E-state index contributed by atoms with van der Waals surface area (Å²) in [6.45, 7) is 6.22. The lowest BCUT2D eigenvalue weighted by molar-refractivity contribution is 0.631. The monoisotopic (exact) mass is 311 g/mol. The van der Waals surface area contributed by atoms with Crippen molar-refractivity contribution in [1.82, 2.24) is 19.1 Å². The zero-order chi connectivity index (χ0) is 14.7. The molecule has 0 amide bonds. The van der Waals surface area contributed by atoms with Gasteiger partial charge in [0, 0.05) is 25.1 Å². The Hall–Kier alpha value is -0.920. The van der Waals surface area contributed by atoms with E-state index >= 15 is 0 Å². The molecule has 0 aliphatic heterocycles. The molecule has 0 saturated heterocycles. The van der Waals surface area contributed by atoms with E-state index in [1.165, 1.54) is 17.1 Å². The average molecular weight is 311 g/mol. The van der Waals surface area contributed by atoms with Crippen molar-refractivity contribution in [3.8, 4) is 0 Å². The highest BCUT2D eigenvalue weighted by Crippen LogP contribution is 2.33. The van der Waals surface area contributed by atoms with Gasteiger partial charge in [0.25, 0.3) is 0 Å². The minimum absolute atomic E-state index is 0.179. The fraction of sp³-hybridized carbons (Fsp3) is 0.615. The van der Waals surface area contributed by atoms with Crippen LogP contribution in [0.15, 0.2) is 9.37 Å². The number of rotatable bonds is 6. The van der Waals surface area contributed by atoms with E-state index < -0.39 is 0 Å². The number of hydrogen-bond acceptors (Lipinski definition) is 6. The van der Waals surface area contributed by atoms with E-state index in [4.69, 9.17) is 5.73 Å². The Kier molecular flexibility index (Phi) is 5.17. The van der Waals surface area contributed by atoms with Crippen LogP contribution in [0.3, 0.4) is 0 Å². The van der Waals surface area contributed by atoms with E-state index in [0.717, 1.165) is 40.1 Å². The van der Waals surface area contributed by atoms with Gasteiger partial charge in [0.1, 0.15) is 10.9 Å². The first-order valence-electron chi connectivity index (χ1n) is 6.83. The summed E-state index contributed by atoms with van der Waals surface area (Å²) in [6, 6.07) is 0.179. The molecule has 7 heteroatoms. The van der Waals surface area contributed by atoms with Crippen molar-refractivity contribution in [3.05, 3.63) is 17.1 Å². The van der Waals surface area contributed by atoms with Crippen LogP contribution in [0.1, 0.15) is 37.4 Å². The third kappa shape index (κ3) is 3.39. The van der Waals surface area contributed by atoms with E-state index in [2.05, 4.69) is 28.3 Å². The summed E-state index contributed by atoms with van der Waals surface area (Å²) in [7, 11) is 1.97. The number of hydrogen-bond donors (Lipinski definition) is 1. The molecule has 2 heterocycles. The van der Waals surface area contributed by atoms with Gasteiger partial charge in [0.2, 0.25) is 0 Å². The van der Waals surface area contributed by atoms with Gasteiger partial charge in [0.15, 0.2) is 4.34 Å². The molecule has 5 nitrogen and oxygen atoms in total. The predicted octanol–water partition coefficient (Wildman–Crippen LogP) is 2.57. The number of aromatic nitrogens is 4. The minimum atomic E-state index is 0.179. The topological polar surface area (TPSA) is 69.6 Å². The Labute approximate surface area is 128 Å². The molecule has 0 saturated carbocycles. The van der Waals surface area contributed by atoms with Gasteiger partial charge in [-0.05, 0) is 43.1 Å². The average Bonchev–Trinajstić information content (AvgIpc) is 2.98. The van der Waals surface area contributed by atoms with Crippen molar-refractivity contribution in [2.24, 2.45) is 12.8 Å². The summed E-state index contributed by atoms with van der Waals surface area (Å²) in [5, 5.41) is 5.65. The molecule has 0 aliphatic rings. The number of nitrogens with zero attached hydrogens (tertiary/aromatic N) is 4. The van der Waals surface area contributed by atoms with Crippen molar-refractivity contribution in [3.63, 3.8) is 0 Å². The molecule has 2 N–H and O–H groups in total. The fourth-order valence-corrected chi connectivity index (χ4v) is 3.80. The largest absolute Gasteiger partial charge is 0.327 e. The third-order valence-corrected chi connectivity index (χ3v) is 5.22. The summed E-state index contributed by atoms with van der Waals surface area (Å²) in [5.41, 5.74) is 8.39. The van der Waals surface area contributed by atoms with Gasteiger partial charge < -0.3 is 5.73 Å². The maximum absolute atomic E-state index is 6.10. The SMILES string of the molecule is CCc1nsc(Sc2c(CC(N)CC)c(C)nn2C)n1. The first kappa shape index (κ1) is 15.5. The Morgan fingerprint density at radius 3 is 2.75 bits per heavy atom. The Morgan fingerprint density at radius 2 is 2.15 bits per heavy atom. The van der Waals surface area contributed by atoms with Crippen molar-refractivity contribution in [1.29, 1.82) is 0 Å². The molecule has 20 heavy (non-hydrogen) atoms. The first-order chi connectivity index (χ1) is 9.55. The van der Waals surface area contributed by atoms with Crippen LogP contribution in [0, 0.1) is 6.92 Å². The van der Waals surface area contributed by atoms with Gasteiger partial charge in [-0.1, -0.05) is 13.8 Å². The quantitative estimate of drug-likeness (QED) is 0.888. The summed E-state index contributed by atoms with van der Waals surface area (Å²) < 4.78 is 7.22. The van der Waals surface area contributed by atoms with Crippen LogP contribution in [-0.2, 0) is 19.9 Å². The molecule has 1 unspecified atom stereocenters. The molecule has 2 rings (SSSR count). The lowest BCUT2D eigenvalue weighted by atomic mass is 10.1. The summed E-state index contributed by atoms with van der Waals surface area (Å²) in [5.74, 6) is 0.906. The van der Waals surface area contributed by atoms with Crippen molar-refractivity contribution in [2.75, 3.05) is 0 Å². The van der Waals surface area contributed by atoms with E-state index in [1.54, 1.807) is 11.8 Å². The molecule has 2 aromatic heterocycles. The second-order valence-electron chi connectivity index (χ2n) is 4.80. The fourth-order valence-electron chi connectivity index (χ4n) is 1.96. The number of nitrogens with two attached hydrogens (primary N) is 1. The molecule has 0 aromatic carbocycles. The molecule has 0 radical (unpaired) electrons. The summed E-state index contributed by atoms with van der Waals surface area (Å²) >= 11 is 3.09. The second kappa shape index (κ2) is 6.69. The molecular weight excluding hydrogens is 290 g/mol. The van der Waals surface area contributed by atoms with Crippen LogP contribution >= 0.6 is 23.3 Å². The standard InChI is InChI=1S/C13H21N5S2/c1-5-9(14)7-10-8(3)16-18(4)12(10)19-13-15-11(6-2)17-20-13/h9H,5-7,14H2,1-4H3. The highest BCUT2D eigenvalue weighted by molar-refractivity contribution is 8.00. The Morgan fingerprint density at radius 1 is 1.40 bits per heavy atom. The molecule has 0 bridgehead atoms. The molecule has 0 fully saturated rings. The van der Waals surface area contributed by atoms with Crippen molar-refractivity contribution < 1.29 is 0 Å². The molecule has 0 spiro atoms. The van der Waals surface area contributed by atoms with E-state index in [1.807, 2.05) is 18.7 Å². The van der Waals surface area contributed by atoms with Gasteiger partial charge in [0.05, 0.1) is 5.69 Å². The van der Waals surface area contributed by atoms with Crippen LogP contribution in [0.5, 0.6) is 0 Å². The highest BCUT2D eigenvalue weighted by Gasteiger charge is 2.18. The van der Waals surface area contributed by atoms with Gasteiger partial charge in [-0.3, -0.25) is 4.68 Å². The lowest BCUT2D eigenvalue weighted by Crippen LogP contribution is -2.21. The van der Waals surface area contributed by atoms with Crippen LogP contribution in [0.25, 0.3) is 0 Å². The van der Waals surface area contributed by atoms with Gasteiger partial charge in [-0.25, -0.2) is 4.98 Å². The van der Waals surface area contributed by atoms with Crippen molar-refractivity contribution in [2.45, 2.75) is 55.4 Å². The maximum Gasteiger partial charge on any atom is 0.176 e.